The minimum Gasteiger partial charge on any atom is -0.508 e. The minimum absolute atomic E-state index is 0.0464. The van der Waals surface area contributed by atoms with Crippen molar-refractivity contribution in [2.24, 2.45) is 29.4 Å². The summed E-state index contributed by atoms with van der Waals surface area (Å²) >= 11 is 0. The summed E-state index contributed by atoms with van der Waals surface area (Å²) in [5.74, 6) is -7.64. The quantitative estimate of drug-likeness (QED) is 0.0460. The van der Waals surface area contributed by atoms with E-state index < -0.39 is 109 Å². The van der Waals surface area contributed by atoms with Gasteiger partial charge >= 0.3 is 5.97 Å². The van der Waals surface area contributed by atoms with Gasteiger partial charge in [-0.15, -0.1) is 0 Å². The highest BCUT2D eigenvalue weighted by molar-refractivity contribution is 5.97. The number of aromatic hydroxyl groups is 1. The normalized spacial score (nSPS) is 15.0. The molecule has 0 aliphatic carbocycles. The summed E-state index contributed by atoms with van der Waals surface area (Å²) in [6.45, 7) is 12.8. The van der Waals surface area contributed by atoms with Gasteiger partial charge in [0.15, 0.2) is 0 Å². The maximum Gasteiger partial charge on any atom is 0.328 e. The number of H-pyrrole nitrogens is 1. The molecule has 22 heteroatoms. The molecule has 0 bridgehead atoms. The topological polar surface area (TPSA) is 356 Å². The average molecular weight is 945 g/mol. The van der Waals surface area contributed by atoms with Gasteiger partial charge in [0, 0.05) is 24.7 Å². The average Bonchev–Trinajstić information content (AvgIpc) is 3.76. The van der Waals surface area contributed by atoms with Gasteiger partial charge in [-0.05, 0) is 67.1 Å². The fourth-order valence-electron chi connectivity index (χ4n) is 6.92. The Kier molecular flexibility index (Phi) is 23.9. The number of carboxylic acid groups (broad SMARTS) is 1. The molecule has 1 heterocycles. The van der Waals surface area contributed by atoms with Crippen LogP contribution in [0.1, 0.15) is 92.3 Å². The number of benzene rings is 1. The van der Waals surface area contributed by atoms with Gasteiger partial charge in [-0.25, -0.2) is 9.78 Å². The zero-order valence-corrected chi connectivity index (χ0v) is 39.6. The van der Waals surface area contributed by atoms with Crippen LogP contribution in [0.25, 0.3) is 0 Å². The van der Waals surface area contributed by atoms with Crippen LogP contribution in [0, 0.1) is 23.7 Å². The van der Waals surface area contributed by atoms with Crippen LogP contribution < -0.4 is 43.0 Å². The lowest BCUT2D eigenvalue weighted by atomic mass is 9.99. The molecule has 0 spiro atoms. The Labute approximate surface area is 391 Å². The van der Waals surface area contributed by atoms with E-state index in [1.54, 1.807) is 13.8 Å². The summed E-state index contributed by atoms with van der Waals surface area (Å²) in [7, 11) is 0. The lowest BCUT2D eigenvalue weighted by Gasteiger charge is -2.29. The lowest BCUT2D eigenvalue weighted by molar-refractivity contribution is -0.143. The van der Waals surface area contributed by atoms with Crippen molar-refractivity contribution in [2.45, 2.75) is 142 Å². The second-order valence-corrected chi connectivity index (χ2v) is 18.4. The number of carboxylic acids is 1. The first-order valence-electron chi connectivity index (χ1n) is 22.5. The number of carbonyl (C=O) groups excluding carboxylic acids is 7. The molecule has 8 atom stereocenters. The van der Waals surface area contributed by atoms with Crippen LogP contribution in [0.5, 0.6) is 5.75 Å². The third-order valence-corrected chi connectivity index (χ3v) is 10.3. The number of hydrogen-bond donors (Lipinski definition) is 13. The van der Waals surface area contributed by atoms with E-state index in [0.717, 1.165) is 0 Å². The molecule has 7 amide bonds. The predicted octanol–water partition coefficient (Wildman–Crippen LogP) is -1.13. The smallest absolute Gasteiger partial charge is 0.328 e. The highest BCUT2D eigenvalue weighted by atomic mass is 16.4. The molecule has 0 radical (unpaired) electrons. The summed E-state index contributed by atoms with van der Waals surface area (Å²) in [5, 5.41) is 56.7. The van der Waals surface area contributed by atoms with Gasteiger partial charge in [-0.3, -0.25) is 33.6 Å². The molecule has 0 saturated heterocycles. The SMILES string of the molecule is CC(C)C[C@H](NC(=O)[C@H](Cc1cnc[nH]1)NC(=O)[C@H](CC(C)C)NC(=O)[C@H](CC(C)C)NC(=O)[C@H](CO)NC(=O)[C@@H](N)CC(C)C)C(=O)N[C@@H](Cc1ccc(O)cc1)C(=O)N[C@@H](CO)C(=O)O. The Morgan fingerprint density at radius 3 is 1.25 bits per heavy atom. The van der Waals surface area contributed by atoms with Crippen LogP contribution in [-0.4, -0.2) is 139 Å². The number of imidazole rings is 1. The fourth-order valence-corrected chi connectivity index (χ4v) is 6.92. The molecular formula is C45H72N10O12. The molecule has 67 heavy (non-hydrogen) atoms. The number of hydrogen-bond acceptors (Lipinski definition) is 13. The van der Waals surface area contributed by atoms with E-state index in [9.17, 15) is 58.8 Å². The van der Waals surface area contributed by atoms with Crippen molar-refractivity contribution >= 4 is 47.3 Å². The number of phenolic OH excluding ortho intramolecular Hbond substituents is 1. The van der Waals surface area contributed by atoms with Crippen molar-refractivity contribution in [3.63, 3.8) is 0 Å². The molecule has 0 saturated carbocycles. The number of rotatable bonds is 29. The Morgan fingerprint density at radius 2 is 0.881 bits per heavy atom. The van der Waals surface area contributed by atoms with Crippen molar-refractivity contribution in [1.29, 1.82) is 0 Å². The third-order valence-electron chi connectivity index (χ3n) is 10.3. The second kappa shape index (κ2) is 28.1. The van der Waals surface area contributed by atoms with Crippen LogP contribution in [0.15, 0.2) is 36.8 Å². The summed E-state index contributed by atoms with van der Waals surface area (Å²) < 4.78 is 0. The summed E-state index contributed by atoms with van der Waals surface area (Å²) in [5.41, 5.74) is 6.87. The molecule has 0 unspecified atom stereocenters. The maximum absolute atomic E-state index is 14.3. The van der Waals surface area contributed by atoms with Gasteiger partial charge in [-0.2, -0.15) is 0 Å². The lowest BCUT2D eigenvalue weighted by Crippen LogP contribution is -2.61. The highest BCUT2D eigenvalue weighted by Gasteiger charge is 2.35. The number of aromatic nitrogens is 2. The zero-order valence-electron chi connectivity index (χ0n) is 39.6. The largest absolute Gasteiger partial charge is 0.508 e. The number of aliphatic hydroxyl groups is 2. The molecule has 374 valence electrons. The van der Waals surface area contributed by atoms with Gasteiger partial charge in [0.25, 0.3) is 0 Å². The van der Waals surface area contributed by atoms with Crippen molar-refractivity contribution < 1.29 is 58.8 Å². The number of aromatic amines is 1. The van der Waals surface area contributed by atoms with Crippen molar-refractivity contribution in [3.05, 3.63) is 48.0 Å². The number of nitrogens with two attached hydrogens (primary N) is 1. The van der Waals surface area contributed by atoms with Gasteiger partial charge in [0.05, 0.1) is 25.6 Å². The Morgan fingerprint density at radius 1 is 0.522 bits per heavy atom. The third kappa shape index (κ3) is 20.5. The molecule has 2 aromatic rings. The zero-order chi connectivity index (χ0) is 50.5. The molecule has 2 rings (SSSR count). The summed E-state index contributed by atoms with van der Waals surface area (Å²) in [6, 6.07) is -4.91. The number of aliphatic hydroxyl groups excluding tert-OH is 2. The van der Waals surface area contributed by atoms with Crippen molar-refractivity contribution in [1.82, 2.24) is 47.2 Å². The first-order chi connectivity index (χ1) is 31.4. The number of aliphatic carboxylic acids is 1. The number of nitrogens with one attached hydrogen (secondary N) is 8. The van der Waals surface area contributed by atoms with Crippen LogP contribution in [-0.2, 0) is 51.2 Å². The van der Waals surface area contributed by atoms with E-state index in [4.69, 9.17) is 5.73 Å². The van der Waals surface area contributed by atoms with Gasteiger partial charge in [0.2, 0.25) is 41.4 Å². The molecule has 14 N–H and O–H groups in total. The standard InChI is InChI=1S/C45H72N10O12/c1-23(2)13-30(46)38(59)54-36(20-56)44(65)51-33(16-26(7)8)39(60)49-32(15-25(5)6)41(62)53-35(18-28-19-47-22-48-28)43(64)50-31(14-24(3)4)40(61)52-34(17-27-9-11-29(58)12-10-27)42(63)55-37(21-57)45(66)67/h9-12,19,22-26,30-37,56-58H,13-18,20-21,46H2,1-8H3,(H,47,48)(H,49,60)(H,50,64)(H,51,65)(H,52,61)(H,53,62)(H,54,59)(H,55,63)(H,66,67)/t30-,31-,32-,33-,34-,35-,36-,37-/m0/s1. The van der Waals surface area contributed by atoms with E-state index in [2.05, 4.69) is 47.2 Å². The molecule has 0 aliphatic heterocycles. The Bertz CT molecular complexity index is 1930. The van der Waals surface area contributed by atoms with Crippen LogP contribution >= 0.6 is 0 Å². The van der Waals surface area contributed by atoms with Crippen LogP contribution in [0.4, 0.5) is 0 Å². The van der Waals surface area contributed by atoms with E-state index in [1.807, 2.05) is 41.5 Å². The number of amides is 7. The number of carbonyl (C=O) groups is 8. The van der Waals surface area contributed by atoms with E-state index in [0.29, 0.717) is 17.7 Å². The Hall–Kier alpha value is -6.13. The molecular weight excluding hydrogens is 873 g/mol. The van der Waals surface area contributed by atoms with E-state index >= 15 is 0 Å². The van der Waals surface area contributed by atoms with Crippen molar-refractivity contribution in [2.75, 3.05) is 13.2 Å². The number of nitrogens with zero attached hydrogens (tertiary/aromatic N) is 1. The Balaban J connectivity index is 2.41. The monoisotopic (exact) mass is 945 g/mol. The fraction of sp³-hybridized carbons (Fsp3) is 0.622. The van der Waals surface area contributed by atoms with Gasteiger partial charge in [-0.1, -0.05) is 67.5 Å². The molecule has 1 aromatic carbocycles. The molecule has 22 nitrogen and oxygen atoms in total. The van der Waals surface area contributed by atoms with Gasteiger partial charge in [0.1, 0.15) is 48.0 Å². The van der Waals surface area contributed by atoms with Crippen molar-refractivity contribution in [3.8, 4) is 5.75 Å². The van der Waals surface area contributed by atoms with Gasteiger partial charge < -0.3 is 68.4 Å². The summed E-state index contributed by atoms with van der Waals surface area (Å²) in [6.07, 6.45) is 3.04. The van der Waals surface area contributed by atoms with E-state index in [1.165, 1.54) is 36.8 Å². The van der Waals surface area contributed by atoms with Crippen LogP contribution in [0.3, 0.4) is 0 Å². The predicted molar refractivity (Wildman–Crippen MR) is 245 cm³/mol. The van der Waals surface area contributed by atoms with E-state index in [-0.39, 0.29) is 61.5 Å². The second-order valence-electron chi connectivity index (χ2n) is 18.4. The first kappa shape index (κ1) is 57.0. The van der Waals surface area contributed by atoms with Crippen LogP contribution in [0.2, 0.25) is 0 Å². The molecule has 0 fully saturated rings. The first-order valence-corrected chi connectivity index (χ1v) is 22.5. The maximum atomic E-state index is 14.3. The minimum atomic E-state index is -1.69. The number of phenols is 1. The highest BCUT2D eigenvalue weighted by Crippen LogP contribution is 2.15. The summed E-state index contributed by atoms with van der Waals surface area (Å²) in [4.78, 5) is 114. The molecule has 0 aliphatic rings. The molecule has 1 aromatic heterocycles.